The number of carbonyl (C=O) groups is 5. The van der Waals surface area contributed by atoms with Gasteiger partial charge in [0.25, 0.3) is 5.91 Å². The molecule has 0 aromatic heterocycles. The minimum Gasteiger partial charge on any atom is -0.461 e. The van der Waals surface area contributed by atoms with E-state index in [0.717, 1.165) is 37.0 Å². The van der Waals surface area contributed by atoms with Gasteiger partial charge in [-0.2, -0.15) is 0 Å². The van der Waals surface area contributed by atoms with Gasteiger partial charge in [-0.25, -0.2) is 0 Å². The summed E-state index contributed by atoms with van der Waals surface area (Å²) in [6.45, 7) is 9.76. The largest absolute Gasteiger partial charge is 0.461 e. The van der Waals surface area contributed by atoms with Gasteiger partial charge in [0.15, 0.2) is 5.60 Å². The van der Waals surface area contributed by atoms with E-state index in [1.54, 1.807) is 0 Å². The summed E-state index contributed by atoms with van der Waals surface area (Å²) in [6.07, 6.45) is 4.64. The zero-order valence-corrected chi connectivity index (χ0v) is 27.2. The molecule has 1 saturated heterocycles. The fraction of sp³-hybridized carbons (Fsp3) is 0.647. The molecule has 2 heterocycles. The summed E-state index contributed by atoms with van der Waals surface area (Å²) in [5.41, 5.74) is 0.192. The molecule has 1 aromatic carbocycles. The van der Waals surface area contributed by atoms with Gasteiger partial charge in [0.1, 0.15) is 12.6 Å². The minimum atomic E-state index is -1.02. The van der Waals surface area contributed by atoms with Crippen LogP contribution in [0.15, 0.2) is 35.5 Å². The lowest BCUT2D eigenvalue weighted by Crippen LogP contribution is -2.54. The quantitative estimate of drug-likeness (QED) is 0.237. The summed E-state index contributed by atoms with van der Waals surface area (Å²) >= 11 is 0. The van der Waals surface area contributed by atoms with Crippen LogP contribution >= 0.6 is 0 Å². The summed E-state index contributed by atoms with van der Waals surface area (Å²) in [4.78, 5) is 74.4. The molecule has 3 amide bonds. The van der Waals surface area contributed by atoms with E-state index in [1.807, 2.05) is 65.0 Å². The van der Waals surface area contributed by atoms with Crippen LogP contribution in [0.3, 0.4) is 0 Å². The lowest BCUT2D eigenvalue weighted by molar-refractivity contribution is -0.154. The first kappa shape index (κ1) is 34.1. The highest BCUT2D eigenvalue weighted by atomic mass is 16.7. The van der Waals surface area contributed by atoms with E-state index in [-0.39, 0.29) is 44.4 Å². The number of esters is 1. The SMILES string of the molecule is CCCC1=NO[C@]2(C1)C[C@@H](C(=O)N[C@@H](CCC)C(=O)C(=O)NC1CC1)N(C(=O)[C@@H](CC(=O)OCc1ccccc1)C(C)(C)C)C2. The molecule has 0 radical (unpaired) electrons. The Bertz CT molecular complexity index is 1290. The van der Waals surface area contributed by atoms with Gasteiger partial charge in [-0.1, -0.05) is 82.9 Å². The summed E-state index contributed by atoms with van der Waals surface area (Å²) in [5.74, 6) is -3.59. The molecule has 2 aliphatic heterocycles. The van der Waals surface area contributed by atoms with Gasteiger partial charge in [0.05, 0.1) is 30.6 Å². The van der Waals surface area contributed by atoms with Crippen LogP contribution in [0.25, 0.3) is 0 Å². The molecule has 3 aliphatic rings. The van der Waals surface area contributed by atoms with Gasteiger partial charge in [-0.3, -0.25) is 24.0 Å². The van der Waals surface area contributed by atoms with E-state index in [9.17, 15) is 24.0 Å². The molecule has 2 N–H and O–H groups in total. The van der Waals surface area contributed by atoms with Crippen molar-refractivity contribution in [3.05, 3.63) is 35.9 Å². The maximum absolute atomic E-state index is 14.4. The van der Waals surface area contributed by atoms with Crippen LogP contribution in [0.4, 0.5) is 0 Å². The third-order valence-electron chi connectivity index (χ3n) is 8.72. The lowest BCUT2D eigenvalue weighted by Gasteiger charge is -2.35. The number of ether oxygens (including phenoxy) is 1. The van der Waals surface area contributed by atoms with Crippen molar-refractivity contribution in [1.29, 1.82) is 0 Å². The number of benzene rings is 1. The first-order chi connectivity index (χ1) is 21.4. The van der Waals surface area contributed by atoms with Crippen LogP contribution in [-0.2, 0) is 40.2 Å². The number of hydrogen-bond acceptors (Lipinski definition) is 8. The molecule has 4 rings (SSSR count). The first-order valence-electron chi connectivity index (χ1n) is 16.2. The monoisotopic (exact) mass is 624 g/mol. The maximum Gasteiger partial charge on any atom is 0.306 e. The van der Waals surface area contributed by atoms with Crippen molar-refractivity contribution < 1.29 is 33.5 Å². The smallest absolute Gasteiger partial charge is 0.306 e. The topological polar surface area (TPSA) is 143 Å². The Kier molecular flexibility index (Phi) is 11.0. The average Bonchev–Trinajstić information content (AvgIpc) is 3.61. The molecule has 1 aliphatic carbocycles. The van der Waals surface area contributed by atoms with Crippen molar-refractivity contribution in [2.24, 2.45) is 16.5 Å². The molecule has 0 bridgehead atoms. The van der Waals surface area contributed by atoms with Crippen molar-refractivity contribution in [2.75, 3.05) is 6.54 Å². The van der Waals surface area contributed by atoms with E-state index in [4.69, 9.17) is 9.57 Å². The van der Waals surface area contributed by atoms with Gasteiger partial charge in [-0.05, 0) is 36.7 Å². The van der Waals surface area contributed by atoms with Crippen LogP contribution in [0.1, 0.15) is 98.0 Å². The number of carbonyl (C=O) groups excluding carboxylic acids is 5. The first-order valence-corrected chi connectivity index (χ1v) is 16.2. The van der Waals surface area contributed by atoms with Crippen LogP contribution in [0, 0.1) is 11.3 Å². The number of ketones is 1. The van der Waals surface area contributed by atoms with Crippen LogP contribution in [-0.4, -0.2) is 70.4 Å². The normalized spacial score (nSPS) is 22.3. The Morgan fingerprint density at radius 1 is 1.09 bits per heavy atom. The van der Waals surface area contributed by atoms with E-state index in [1.165, 1.54) is 4.90 Å². The van der Waals surface area contributed by atoms with E-state index >= 15 is 0 Å². The third-order valence-corrected chi connectivity index (χ3v) is 8.72. The molecule has 2 fully saturated rings. The number of hydrogen-bond donors (Lipinski definition) is 2. The number of Topliss-reactive ketones (excluding diaryl/α,β-unsaturated/α-hetero) is 1. The Morgan fingerprint density at radius 3 is 2.42 bits per heavy atom. The summed E-state index contributed by atoms with van der Waals surface area (Å²) < 4.78 is 5.53. The van der Waals surface area contributed by atoms with Gasteiger partial charge in [-0.15, -0.1) is 0 Å². The van der Waals surface area contributed by atoms with Gasteiger partial charge >= 0.3 is 5.97 Å². The van der Waals surface area contributed by atoms with E-state index in [2.05, 4.69) is 15.8 Å². The van der Waals surface area contributed by atoms with Gasteiger partial charge in [0.2, 0.25) is 17.6 Å². The molecule has 45 heavy (non-hydrogen) atoms. The second-order valence-electron chi connectivity index (χ2n) is 13.8. The molecular weight excluding hydrogens is 576 g/mol. The standard InChI is InChI=1S/C34H48N4O7/c1-6-11-24-18-34(45-37-24)19-27(30(41)36-26(12-7-2)29(40)31(42)35-23-15-16-23)38(21-34)32(43)25(33(3,4)5)17-28(39)44-20-22-13-9-8-10-14-22/h8-10,13-14,23,25-27H,6-7,11-12,15-21H2,1-5H3,(H,35,42)(H,36,41)/t25-,26+,27+,34-/m1/s1. The molecule has 1 saturated carbocycles. The molecular formula is C34H48N4O7. The predicted molar refractivity (Wildman–Crippen MR) is 168 cm³/mol. The molecule has 4 atom stereocenters. The highest BCUT2D eigenvalue weighted by Gasteiger charge is 2.55. The Hall–Kier alpha value is -3.76. The van der Waals surface area contributed by atoms with Crippen molar-refractivity contribution in [1.82, 2.24) is 15.5 Å². The summed E-state index contributed by atoms with van der Waals surface area (Å²) in [7, 11) is 0. The number of amides is 3. The molecule has 11 nitrogen and oxygen atoms in total. The summed E-state index contributed by atoms with van der Waals surface area (Å²) in [6, 6.07) is 7.32. The summed E-state index contributed by atoms with van der Waals surface area (Å²) in [5, 5.41) is 9.78. The number of rotatable bonds is 14. The van der Waals surface area contributed by atoms with E-state index in [0.29, 0.717) is 12.8 Å². The lowest BCUT2D eigenvalue weighted by atomic mass is 9.77. The highest BCUT2D eigenvalue weighted by Crippen LogP contribution is 2.41. The second-order valence-corrected chi connectivity index (χ2v) is 13.8. The molecule has 246 valence electrons. The minimum absolute atomic E-state index is 0.00720. The number of nitrogens with zero attached hydrogens (tertiary/aromatic N) is 2. The zero-order valence-electron chi connectivity index (χ0n) is 27.2. The Balaban J connectivity index is 1.54. The Labute approximate surface area is 265 Å². The predicted octanol–water partition coefficient (Wildman–Crippen LogP) is 3.83. The third kappa shape index (κ3) is 8.92. The molecule has 11 heteroatoms. The van der Waals surface area contributed by atoms with Crippen molar-refractivity contribution in [3.8, 4) is 0 Å². The fourth-order valence-corrected chi connectivity index (χ4v) is 6.02. The Morgan fingerprint density at radius 2 is 1.80 bits per heavy atom. The fourth-order valence-electron chi connectivity index (χ4n) is 6.02. The van der Waals surface area contributed by atoms with Gasteiger partial charge in [0, 0.05) is 18.9 Å². The zero-order chi connectivity index (χ0) is 32.8. The van der Waals surface area contributed by atoms with Crippen LogP contribution in [0.5, 0.6) is 0 Å². The van der Waals surface area contributed by atoms with Crippen LogP contribution < -0.4 is 10.6 Å². The molecule has 1 spiro atoms. The van der Waals surface area contributed by atoms with Crippen molar-refractivity contribution in [2.45, 2.75) is 123 Å². The molecule has 0 unspecified atom stereocenters. The van der Waals surface area contributed by atoms with Crippen molar-refractivity contribution in [3.63, 3.8) is 0 Å². The maximum atomic E-state index is 14.4. The average molecular weight is 625 g/mol. The van der Waals surface area contributed by atoms with Crippen molar-refractivity contribution >= 4 is 35.2 Å². The number of nitrogens with one attached hydrogen (secondary N) is 2. The number of oxime groups is 1. The van der Waals surface area contributed by atoms with E-state index < -0.39 is 52.6 Å². The molecule has 1 aromatic rings. The highest BCUT2D eigenvalue weighted by molar-refractivity contribution is 6.38. The van der Waals surface area contributed by atoms with Gasteiger partial charge < -0.3 is 25.1 Å². The second kappa shape index (κ2) is 14.6. The number of likely N-dealkylation sites (tertiary alicyclic amines) is 1. The van der Waals surface area contributed by atoms with Crippen LogP contribution in [0.2, 0.25) is 0 Å².